The molecule has 0 aromatic heterocycles. The van der Waals surface area contributed by atoms with Crippen molar-refractivity contribution >= 4 is 18.0 Å². The molecule has 2 aromatic carbocycles. The number of nitrogens with zero attached hydrogens (tertiary/aromatic N) is 1. The van der Waals surface area contributed by atoms with Gasteiger partial charge >= 0.3 is 12.1 Å². The molecule has 2 amide bonds. The molecular weight excluding hydrogens is 420 g/mol. The van der Waals surface area contributed by atoms with E-state index < -0.39 is 29.4 Å². The second-order valence-electron chi connectivity index (χ2n) is 9.62. The Balaban J connectivity index is 1.33. The number of carbonyl (C=O) groups excluding carboxylic acids is 2. The van der Waals surface area contributed by atoms with Crippen molar-refractivity contribution in [1.82, 2.24) is 10.2 Å². The summed E-state index contributed by atoms with van der Waals surface area (Å²) in [6.45, 7) is 6.09. The quantitative estimate of drug-likeness (QED) is 0.697. The van der Waals surface area contributed by atoms with Gasteiger partial charge in [-0.05, 0) is 34.1 Å². The van der Waals surface area contributed by atoms with Crippen molar-refractivity contribution in [3.05, 3.63) is 59.7 Å². The first-order valence-corrected chi connectivity index (χ1v) is 11.3. The zero-order valence-corrected chi connectivity index (χ0v) is 19.2. The van der Waals surface area contributed by atoms with E-state index in [0.717, 1.165) is 22.3 Å². The minimum atomic E-state index is -0.998. The summed E-state index contributed by atoms with van der Waals surface area (Å²) in [5.41, 5.74) is 4.09. The number of carboxylic acids is 1. The van der Waals surface area contributed by atoms with Crippen molar-refractivity contribution in [3.63, 3.8) is 0 Å². The highest BCUT2D eigenvalue weighted by molar-refractivity contribution is 5.86. The smallest absolute Gasteiger partial charge is 0.407 e. The molecule has 0 spiro atoms. The van der Waals surface area contributed by atoms with Gasteiger partial charge in [-0.25, -0.2) is 9.59 Å². The fourth-order valence-corrected chi connectivity index (χ4v) is 5.06. The van der Waals surface area contributed by atoms with Crippen LogP contribution in [0.5, 0.6) is 0 Å². The van der Waals surface area contributed by atoms with E-state index >= 15 is 0 Å². The Morgan fingerprint density at radius 2 is 1.67 bits per heavy atom. The molecule has 7 nitrogen and oxygen atoms in total. The number of rotatable bonds is 6. The van der Waals surface area contributed by atoms with Gasteiger partial charge in [0.15, 0.2) is 0 Å². The largest absolute Gasteiger partial charge is 0.480 e. The highest BCUT2D eigenvalue weighted by Crippen LogP contribution is 2.44. The lowest BCUT2D eigenvalue weighted by atomic mass is 9.84. The van der Waals surface area contributed by atoms with Crippen molar-refractivity contribution < 1.29 is 24.2 Å². The van der Waals surface area contributed by atoms with Crippen LogP contribution >= 0.6 is 0 Å². The van der Waals surface area contributed by atoms with Crippen molar-refractivity contribution in [3.8, 4) is 11.1 Å². The Morgan fingerprint density at radius 3 is 2.24 bits per heavy atom. The van der Waals surface area contributed by atoms with Gasteiger partial charge in [-0.1, -0.05) is 69.3 Å². The maximum absolute atomic E-state index is 12.9. The van der Waals surface area contributed by atoms with Crippen LogP contribution in [-0.2, 0) is 14.3 Å². The molecule has 0 bridgehead atoms. The zero-order chi connectivity index (χ0) is 23.8. The molecule has 1 fully saturated rings. The van der Waals surface area contributed by atoms with Crippen molar-refractivity contribution in [2.75, 3.05) is 19.7 Å². The molecule has 4 rings (SSSR count). The number of benzene rings is 2. The average Bonchev–Trinajstić information content (AvgIpc) is 3.29. The van der Waals surface area contributed by atoms with Gasteiger partial charge < -0.3 is 20.1 Å². The number of hydrogen-bond donors (Lipinski definition) is 2. The summed E-state index contributed by atoms with van der Waals surface area (Å²) in [7, 11) is 0. The highest BCUT2D eigenvalue weighted by Gasteiger charge is 2.47. The van der Waals surface area contributed by atoms with Gasteiger partial charge in [-0.2, -0.15) is 0 Å². The van der Waals surface area contributed by atoms with Crippen LogP contribution in [0.2, 0.25) is 0 Å². The summed E-state index contributed by atoms with van der Waals surface area (Å²) in [4.78, 5) is 38.4. The molecule has 1 aliphatic carbocycles. The third-order valence-corrected chi connectivity index (χ3v) is 6.88. The molecule has 2 atom stereocenters. The normalized spacial score (nSPS) is 19.5. The number of alkyl carbamates (subject to hydrolysis) is 1. The first-order chi connectivity index (χ1) is 15.7. The molecule has 0 saturated carbocycles. The van der Waals surface area contributed by atoms with Crippen molar-refractivity contribution in [2.45, 2.75) is 39.2 Å². The Kier molecular flexibility index (Phi) is 6.15. The topological polar surface area (TPSA) is 95.9 Å². The summed E-state index contributed by atoms with van der Waals surface area (Å²) in [5.74, 6) is -1.86. The van der Waals surface area contributed by atoms with Crippen LogP contribution in [-0.4, -0.2) is 53.7 Å². The number of carboxylic acid groups (broad SMARTS) is 1. The molecule has 0 radical (unpaired) electrons. The fraction of sp³-hybridized carbons (Fsp3) is 0.423. The minimum absolute atomic E-state index is 0.0367. The summed E-state index contributed by atoms with van der Waals surface area (Å²) in [6.07, 6.45) is 0.0374. The van der Waals surface area contributed by atoms with Gasteiger partial charge in [0, 0.05) is 19.0 Å². The van der Waals surface area contributed by atoms with Crippen LogP contribution in [0.4, 0.5) is 4.79 Å². The molecule has 1 saturated heterocycles. The molecule has 2 unspecified atom stereocenters. The van der Waals surface area contributed by atoms with E-state index in [4.69, 9.17) is 4.74 Å². The number of ether oxygens (including phenoxy) is 1. The second-order valence-corrected chi connectivity index (χ2v) is 9.62. The lowest BCUT2D eigenvalue weighted by molar-refractivity contribution is -0.152. The van der Waals surface area contributed by atoms with Crippen molar-refractivity contribution in [2.24, 2.45) is 11.3 Å². The first-order valence-electron chi connectivity index (χ1n) is 11.3. The number of likely N-dealkylation sites (tertiary alicyclic amines) is 1. The van der Waals surface area contributed by atoms with Crippen LogP contribution in [0, 0.1) is 11.3 Å². The standard InChI is InChI=1S/C26H30N2O5/c1-16(23(29)28-13-12-26(2,3)22(28)24(30)31)14-27-25(32)33-15-21-19-10-6-4-8-17(19)18-9-5-7-11-20(18)21/h4-11,16,21-22H,12-15H2,1-3H3,(H,27,32)(H,30,31). The van der Waals surface area contributed by atoms with E-state index in [1.165, 1.54) is 4.90 Å². The van der Waals surface area contributed by atoms with Gasteiger partial charge in [-0.15, -0.1) is 0 Å². The summed E-state index contributed by atoms with van der Waals surface area (Å²) >= 11 is 0. The zero-order valence-electron chi connectivity index (χ0n) is 19.2. The SMILES string of the molecule is CC(CNC(=O)OCC1c2ccccc2-c2ccccc21)C(=O)N1CCC(C)(C)C1C(=O)O. The van der Waals surface area contributed by atoms with Crippen LogP contribution < -0.4 is 5.32 Å². The third-order valence-electron chi connectivity index (χ3n) is 6.88. The van der Waals surface area contributed by atoms with E-state index in [2.05, 4.69) is 29.6 Å². The molecule has 2 N–H and O–H groups in total. The lowest BCUT2D eigenvalue weighted by Crippen LogP contribution is -2.49. The number of fused-ring (bicyclic) bond motifs is 3. The predicted molar refractivity (Wildman–Crippen MR) is 124 cm³/mol. The lowest BCUT2D eigenvalue weighted by Gasteiger charge is -2.30. The minimum Gasteiger partial charge on any atom is -0.480 e. The Morgan fingerprint density at radius 1 is 1.09 bits per heavy atom. The van der Waals surface area contributed by atoms with Gasteiger partial charge in [0.2, 0.25) is 5.91 Å². The maximum Gasteiger partial charge on any atom is 0.407 e. The molecule has 1 aliphatic heterocycles. The van der Waals surface area contributed by atoms with E-state index in [1.807, 2.05) is 38.1 Å². The predicted octanol–water partition coefficient (Wildman–Crippen LogP) is 3.87. The summed E-state index contributed by atoms with van der Waals surface area (Å²) in [6, 6.07) is 15.4. The van der Waals surface area contributed by atoms with Gasteiger partial charge in [0.1, 0.15) is 12.6 Å². The van der Waals surface area contributed by atoms with Crippen molar-refractivity contribution in [1.29, 1.82) is 0 Å². The van der Waals surface area contributed by atoms with Crippen LogP contribution in [0.15, 0.2) is 48.5 Å². The van der Waals surface area contributed by atoms with E-state index in [0.29, 0.717) is 13.0 Å². The molecule has 1 heterocycles. The monoisotopic (exact) mass is 450 g/mol. The second kappa shape index (κ2) is 8.89. The number of aliphatic carboxylic acids is 1. The number of hydrogen-bond acceptors (Lipinski definition) is 4. The Hall–Kier alpha value is -3.35. The third kappa shape index (κ3) is 4.32. The fourth-order valence-electron chi connectivity index (χ4n) is 5.06. The van der Waals surface area contributed by atoms with E-state index in [-0.39, 0.29) is 25.0 Å². The van der Waals surface area contributed by atoms with Crippen LogP contribution in [0.1, 0.15) is 44.2 Å². The Bertz CT molecular complexity index is 1030. The maximum atomic E-state index is 12.9. The highest BCUT2D eigenvalue weighted by atomic mass is 16.5. The average molecular weight is 451 g/mol. The molecule has 2 aliphatic rings. The van der Waals surface area contributed by atoms with Gasteiger partial charge in [0.05, 0.1) is 5.92 Å². The van der Waals surface area contributed by atoms with E-state index in [9.17, 15) is 19.5 Å². The Labute approximate surface area is 193 Å². The number of nitrogens with one attached hydrogen (secondary N) is 1. The molecule has 174 valence electrons. The molecule has 2 aromatic rings. The van der Waals surface area contributed by atoms with Crippen LogP contribution in [0.25, 0.3) is 11.1 Å². The van der Waals surface area contributed by atoms with E-state index in [1.54, 1.807) is 6.92 Å². The molecule has 33 heavy (non-hydrogen) atoms. The van der Waals surface area contributed by atoms with Crippen LogP contribution in [0.3, 0.4) is 0 Å². The summed E-state index contributed by atoms with van der Waals surface area (Å²) < 4.78 is 5.52. The summed E-state index contributed by atoms with van der Waals surface area (Å²) in [5, 5.41) is 12.3. The van der Waals surface area contributed by atoms with Gasteiger partial charge in [-0.3, -0.25) is 4.79 Å². The van der Waals surface area contributed by atoms with Gasteiger partial charge in [0.25, 0.3) is 0 Å². The first kappa shape index (κ1) is 22.8. The number of carbonyl (C=O) groups is 3. The number of amides is 2. The molecular formula is C26H30N2O5. The molecule has 7 heteroatoms.